The van der Waals surface area contributed by atoms with Crippen molar-refractivity contribution in [2.45, 2.75) is 6.42 Å². The molecule has 0 saturated carbocycles. The number of aliphatic hydroxyl groups is 1. The quantitative estimate of drug-likeness (QED) is 0.833. The highest BCUT2D eigenvalue weighted by Gasteiger charge is 1.99. The normalized spacial score (nSPS) is 10.1. The van der Waals surface area contributed by atoms with E-state index in [1.807, 2.05) is 0 Å². The Kier molecular flexibility index (Phi) is 3.37. The summed E-state index contributed by atoms with van der Waals surface area (Å²) in [7, 11) is 0. The molecule has 1 aromatic rings. The second-order valence-corrected chi connectivity index (χ2v) is 3.39. The molecular formula is C8H7BrClO. The van der Waals surface area contributed by atoms with Gasteiger partial charge in [0, 0.05) is 16.1 Å². The Balaban J connectivity index is 2.90. The van der Waals surface area contributed by atoms with Crippen LogP contribution in [0.1, 0.15) is 5.56 Å². The van der Waals surface area contributed by atoms with Crippen molar-refractivity contribution in [2.24, 2.45) is 0 Å². The van der Waals surface area contributed by atoms with Crippen molar-refractivity contribution in [1.29, 1.82) is 0 Å². The molecule has 0 aliphatic carbocycles. The van der Waals surface area contributed by atoms with Gasteiger partial charge in [-0.1, -0.05) is 27.5 Å². The van der Waals surface area contributed by atoms with Crippen molar-refractivity contribution >= 4 is 27.5 Å². The molecule has 0 fully saturated rings. The Hall–Kier alpha value is -0.0500. The molecule has 1 radical (unpaired) electrons. The fourth-order valence-electron chi connectivity index (χ4n) is 0.783. The van der Waals surface area contributed by atoms with Crippen LogP contribution in [0.3, 0.4) is 0 Å². The van der Waals surface area contributed by atoms with Crippen LogP contribution < -0.4 is 0 Å². The first-order chi connectivity index (χ1) is 5.24. The Morgan fingerprint density at radius 2 is 2.36 bits per heavy atom. The summed E-state index contributed by atoms with van der Waals surface area (Å²) in [5.41, 5.74) is 0.928. The van der Waals surface area contributed by atoms with Crippen molar-refractivity contribution in [2.75, 3.05) is 6.61 Å². The molecule has 0 bridgehead atoms. The Labute approximate surface area is 79.1 Å². The minimum atomic E-state index is 0.120. The highest BCUT2D eigenvalue weighted by molar-refractivity contribution is 9.10. The third kappa shape index (κ3) is 2.47. The van der Waals surface area contributed by atoms with Crippen LogP contribution in [0.5, 0.6) is 0 Å². The van der Waals surface area contributed by atoms with E-state index < -0.39 is 0 Å². The predicted octanol–water partition coefficient (Wildman–Crippen LogP) is 2.44. The summed E-state index contributed by atoms with van der Waals surface area (Å²) in [6.07, 6.45) is 0.586. The molecule has 0 saturated heterocycles. The lowest BCUT2D eigenvalue weighted by Crippen LogP contribution is -1.91. The second kappa shape index (κ2) is 4.10. The van der Waals surface area contributed by atoms with Crippen molar-refractivity contribution in [3.8, 4) is 0 Å². The zero-order valence-electron chi connectivity index (χ0n) is 5.77. The molecule has 0 aliphatic heterocycles. The lowest BCUT2D eigenvalue weighted by atomic mass is 10.2. The van der Waals surface area contributed by atoms with Gasteiger partial charge in [-0.3, -0.25) is 0 Å². The second-order valence-electron chi connectivity index (χ2n) is 2.13. The molecule has 1 rings (SSSR count). The highest BCUT2D eigenvalue weighted by Crippen LogP contribution is 2.20. The van der Waals surface area contributed by atoms with Crippen LogP contribution in [0.15, 0.2) is 16.6 Å². The van der Waals surface area contributed by atoms with E-state index in [2.05, 4.69) is 22.0 Å². The van der Waals surface area contributed by atoms with Crippen molar-refractivity contribution in [3.63, 3.8) is 0 Å². The molecule has 0 atom stereocenters. The van der Waals surface area contributed by atoms with Crippen LogP contribution in [0, 0.1) is 6.07 Å². The monoisotopic (exact) mass is 233 g/mol. The molecular weight excluding hydrogens is 227 g/mol. The average Bonchev–Trinajstić information content (AvgIpc) is 1.95. The van der Waals surface area contributed by atoms with E-state index in [0.717, 1.165) is 10.0 Å². The Bertz CT molecular complexity index is 250. The van der Waals surface area contributed by atoms with E-state index in [4.69, 9.17) is 16.7 Å². The number of benzene rings is 1. The minimum absolute atomic E-state index is 0.120. The van der Waals surface area contributed by atoms with E-state index >= 15 is 0 Å². The van der Waals surface area contributed by atoms with Crippen LogP contribution in [0.4, 0.5) is 0 Å². The van der Waals surface area contributed by atoms with Crippen LogP contribution in [-0.4, -0.2) is 11.7 Å². The van der Waals surface area contributed by atoms with Gasteiger partial charge in [0.2, 0.25) is 0 Å². The van der Waals surface area contributed by atoms with E-state index in [-0.39, 0.29) is 6.61 Å². The van der Waals surface area contributed by atoms with Crippen LogP contribution >= 0.6 is 27.5 Å². The van der Waals surface area contributed by atoms with Gasteiger partial charge in [-0.2, -0.15) is 0 Å². The SMILES string of the molecule is OCCc1c[c]c(Br)cc1Cl. The van der Waals surface area contributed by atoms with Crippen molar-refractivity contribution in [3.05, 3.63) is 33.3 Å². The highest BCUT2D eigenvalue weighted by atomic mass is 79.9. The molecule has 0 aliphatic rings. The van der Waals surface area contributed by atoms with Gasteiger partial charge in [-0.25, -0.2) is 0 Å². The molecule has 1 N–H and O–H groups in total. The van der Waals surface area contributed by atoms with Crippen LogP contribution in [-0.2, 0) is 6.42 Å². The summed E-state index contributed by atoms with van der Waals surface area (Å²) in [5, 5.41) is 9.30. The predicted molar refractivity (Wildman–Crippen MR) is 48.8 cm³/mol. The van der Waals surface area contributed by atoms with E-state index in [9.17, 15) is 0 Å². The number of hydrogen-bond acceptors (Lipinski definition) is 1. The summed E-state index contributed by atoms with van der Waals surface area (Å²) in [4.78, 5) is 0. The van der Waals surface area contributed by atoms with E-state index in [1.165, 1.54) is 0 Å². The van der Waals surface area contributed by atoms with E-state index in [1.54, 1.807) is 12.1 Å². The third-order valence-electron chi connectivity index (χ3n) is 1.33. The first kappa shape index (κ1) is 9.04. The molecule has 11 heavy (non-hydrogen) atoms. The third-order valence-corrected chi connectivity index (χ3v) is 2.14. The fourth-order valence-corrected chi connectivity index (χ4v) is 1.52. The van der Waals surface area contributed by atoms with Crippen LogP contribution in [0.25, 0.3) is 0 Å². The Morgan fingerprint density at radius 1 is 1.64 bits per heavy atom. The van der Waals surface area contributed by atoms with Gasteiger partial charge in [0.1, 0.15) is 0 Å². The van der Waals surface area contributed by atoms with Crippen molar-refractivity contribution < 1.29 is 5.11 Å². The lowest BCUT2D eigenvalue weighted by molar-refractivity contribution is 0.299. The molecule has 0 spiro atoms. The largest absolute Gasteiger partial charge is 0.396 e. The zero-order chi connectivity index (χ0) is 8.27. The van der Waals surface area contributed by atoms with Gasteiger partial charge in [-0.15, -0.1) is 0 Å². The standard InChI is InChI=1S/C8H7BrClO/c9-7-2-1-6(3-4-11)8(10)5-7/h1,5,11H,3-4H2. The lowest BCUT2D eigenvalue weighted by Gasteiger charge is -2.00. The molecule has 1 nitrogen and oxygen atoms in total. The van der Waals surface area contributed by atoms with Crippen LogP contribution in [0.2, 0.25) is 5.02 Å². The Morgan fingerprint density at radius 3 is 2.91 bits per heavy atom. The van der Waals surface area contributed by atoms with Gasteiger partial charge in [0.15, 0.2) is 0 Å². The maximum Gasteiger partial charge on any atom is 0.0471 e. The number of halogens is 2. The molecule has 0 aromatic heterocycles. The minimum Gasteiger partial charge on any atom is -0.396 e. The first-order valence-corrected chi connectivity index (χ1v) is 4.37. The van der Waals surface area contributed by atoms with E-state index in [0.29, 0.717) is 11.4 Å². The summed E-state index contributed by atoms with van der Waals surface area (Å²) in [6.45, 7) is 0.120. The van der Waals surface area contributed by atoms with Gasteiger partial charge in [0.25, 0.3) is 0 Å². The number of aliphatic hydroxyl groups excluding tert-OH is 1. The van der Waals surface area contributed by atoms with Gasteiger partial charge in [-0.05, 0) is 30.2 Å². The molecule has 59 valence electrons. The zero-order valence-corrected chi connectivity index (χ0v) is 8.11. The topological polar surface area (TPSA) is 20.2 Å². The van der Waals surface area contributed by atoms with Gasteiger partial charge < -0.3 is 5.11 Å². The summed E-state index contributed by atoms with van der Waals surface area (Å²) in [5.74, 6) is 0. The smallest absolute Gasteiger partial charge is 0.0471 e. The maximum atomic E-state index is 8.63. The van der Waals surface area contributed by atoms with Crippen molar-refractivity contribution in [1.82, 2.24) is 0 Å². The summed E-state index contributed by atoms with van der Waals surface area (Å²) in [6, 6.07) is 6.50. The molecule has 0 heterocycles. The molecule has 0 amide bonds. The summed E-state index contributed by atoms with van der Waals surface area (Å²) >= 11 is 9.09. The fraction of sp³-hybridized carbons (Fsp3) is 0.250. The summed E-state index contributed by atoms with van der Waals surface area (Å²) < 4.78 is 0.837. The molecule has 1 aromatic carbocycles. The molecule has 3 heteroatoms. The maximum absolute atomic E-state index is 8.63. The molecule has 0 unspecified atom stereocenters. The number of hydrogen-bond donors (Lipinski definition) is 1. The average molecular weight is 234 g/mol. The first-order valence-electron chi connectivity index (χ1n) is 3.20. The van der Waals surface area contributed by atoms with Gasteiger partial charge >= 0.3 is 0 Å². The van der Waals surface area contributed by atoms with Gasteiger partial charge in [0.05, 0.1) is 0 Å². The number of rotatable bonds is 2.